The van der Waals surface area contributed by atoms with Gasteiger partial charge in [0.15, 0.2) is 5.17 Å². The van der Waals surface area contributed by atoms with Crippen LogP contribution in [0.25, 0.3) is 5.69 Å². The first-order valence-electron chi connectivity index (χ1n) is 13.5. The molecule has 44 heavy (non-hydrogen) atoms. The van der Waals surface area contributed by atoms with Crippen LogP contribution in [0.2, 0.25) is 0 Å². The third-order valence-electron chi connectivity index (χ3n) is 6.30. The number of amides is 3. The van der Waals surface area contributed by atoms with Crippen LogP contribution in [0.15, 0.2) is 72.1 Å². The summed E-state index contributed by atoms with van der Waals surface area (Å²) in [7, 11) is 0. The van der Waals surface area contributed by atoms with E-state index in [0.29, 0.717) is 17.4 Å². The summed E-state index contributed by atoms with van der Waals surface area (Å²) in [6.45, 7) is 4.33. The number of amidine groups is 1. The number of aryl methyl sites for hydroxylation is 2. The zero-order chi connectivity index (χ0) is 31.3. The lowest BCUT2D eigenvalue weighted by molar-refractivity contribution is -0.274. The summed E-state index contributed by atoms with van der Waals surface area (Å²) in [6.07, 6.45) is -0.0733. The Morgan fingerprint density at radius 2 is 1.91 bits per heavy atom. The molecule has 1 aliphatic heterocycles. The van der Waals surface area contributed by atoms with Crippen molar-refractivity contribution in [2.24, 2.45) is 4.99 Å². The number of hydrogen-bond acceptors (Lipinski definition) is 8. The van der Waals surface area contributed by atoms with Crippen molar-refractivity contribution < 1.29 is 27.5 Å². The molecule has 0 bridgehead atoms. The summed E-state index contributed by atoms with van der Waals surface area (Å²) < 4.78 is 42.4. The summed E-state index contributed by atoms with van der Waals surface area (Å²) in [6, 6.07) is 13.9. The van der Waals surface area contributed by atoms with Gasteiger partial charge in [0.25, 0.3) is 0 Å². The van der Waals surface area contributed by atoms with E-state index in [2.05, 4.69) is 42.4 Å². The number of aliphatic imine (C=N–C) groups is 1. The molecule has 2 aromatic heterocycles. The third-order valence-corrected chi connectivity index (χ3v) is 7.22. The molecule has 0 atom stereocenters. The van der Waals surface area contributed by atoms with Crippen molar-refractivity contribution >= 4 is 46.3 Å². The molecule has 3 amide bonds. The lowest BCUT2D eigenvalue weighted by Gasteiger charge is -2.20. The van der Waals surface area contributed by atoms with Crippen molar-refractivity contribution in [2.45, 2.75) is 39.6 Å². The molecule has 1 aliphatic rings. The maximum Gasteiger partial charge on any atom is 0.573 e. The Hall–Kier alpha value is -4.92. The van der Waals surface area contributed by atoms with Gasteiger partial charge in [-0.15, -0.1) is 18.3 Å². The van der Waals surface area contributed by atoms with Crippen LogP contribution in [0.1, 0.15) is 30.0 Å². The minimum atomic E-state index is -4.77. The average molecular weight is 625 g/mol. The van der Waals surface area contributed by atoms with Crippen LogP contribution in [0, 0.1) is 6.92 Å². The van der Waals surface area contributed by atoms with Gasteiger partial charge in [-0.2, -0.15) is 4.99 Å². The standard InChI is InChI=1S/C29H27F3N8O3S/c1-3-4-20-7-5-18(2)13-23(20)40-25(41)16-44-28(40)37-27(42)36-24-12-6-19(14-33-24)15-34-26-35-17-39(38-26)21-8-10-22(11-9-21)43-29(30,31)32/h5-14,17H,3-4,15-16H2,1-2H3,(H,34,38)(H,33,36,42). The number of hydrogen-bond donors (Lipinski definition) is 2. The fourth-order valence-corrected chi connectivity index (χ4v) is 5.18. The quantitative estimate of drug-likeness (QED) is 0.229. The number of ether oxygens (including phenoxy) is 1. The average Bonchev–Trinajstić information content (AvgIpc) is 3.60. The Bertz CT molecular complexity index is 1670. The Morgan fingerprint density at radius 3 is 2.61 bits per heavy atom. The topological polar surface area (TPSA) is 127 Å². The second-order valence-electron chi connectivity index (χ2n) is 9.68. The summed E-state index contributed by atoms with van der Waals surface area (Å²) in [5.74, 6) is 0.301. The number of rotatable bonds is 9. The number of alkyl halides is 3. The number of halogens is 3. The number of carbonyl (C=O) groups is 2. The van der Waals surface area contributed by atoms with Crippen molar-refractivity contribution in [1.29, 1.82) is 0 Å². The van der Waals surface area contributed by atoms with Crippen LogP contribution in [0.4, 0.5) is 35.4 Å². The van der Waals surface area contributed by atoms with Gasteiger partial charge in [-0.1, -0.05) is 43.3 Å². The number of thioether (sulfide) groups is 1. The van der Waals surface area contributed by atoms with Gasteiger partial charge in [0.05, 0.1) is 17.1 Å². The van der Waals surface area contributed by atoms with E-state index < -0.39 is 12.4 Å². The van der Waals surface area contributed by atoms with Gasteiger partial charge in [0.2, 0.25) is 11.9 Å². The second kappa shape index (κ2) is 13.2. The normalized spacial score (nSPS) is 14.2. The number of carbonyl (C=O) groups excluding carboxylic acids is 2. The number of aromatic nitrogens is 4. The SMILES string of the molecule is CCCc1ccc(C)cc1N1C(=O)CSC1=NC(=O)Nc1ccc(CNc2ncn(-c3ccc(OC(F)(F)F)cc3)n2)cn1. The monoisotopic (exact) mass is 624 g/mol. The molecular formula is C29H27F3N8O3S. The van der Waals surface area contributed by atoms with E-state index in [0.717, 1.165) is 35.2 Å². The van der Waals surface area contributed by atoms with E-state index in [1.807, 2.05) is 25.1 Å². The molecule has 228 valence electrons. The molecule has 15 heteroatoms. The molecule has 1 saturated heterocycles. The number of nitrogens with one attached hydrogen (secondary N) is 2. The Balaban J connectivity index is 1.17. The fraction of sp³-hybridized carbons (Fsp3) is 0.241. The zero-order valence-electron chi connectivity index (χ0n) is 23.6. The van der Waals surface area contributed by atoms with Gasteiger partial charge in [-0.05, 0) is 66.4 Å². The van der Waals surface area contributed by atoms with E-state index in [4.69, 9.17) is 0 Å². The maximum atomic E-state index is 12.7. The highest BCUT2D eigenvalue weighted by Gasteiger charge is 2.32. The molecule has 0 aliphatic carbocycles. The van der Waals surface area contributed by atoms with Crippen LogP contribution < -0.4 is 20.3 Å². The molecular weight excluding hydrogens is 597 g/mol. The first-order chi connectivity index (χ1) is 21.1. The highest BCUT2D eigenvalue weighted by atomic mass is 32.2. The third kappa shape index (κ3) is 7.72. The lowest BCUT2D eigenvalue weighted by Crippen LogP contribution is -2.31. The number of pyridine rings is 1. The molecule has 4 aromatic rings. The van der Waals surface area contributed by atoms with Crippen molar-refractivity contribution in [3.63, 3.8) is 0 Å². The molecule has 5 rings (SSSR count). The molecule has 0 spiro atoms. The Morgan fingerprint density at radius 1 is 1.11 bits per heavy atom. The summed E-state index contributed by atoms with van der Waals surface area (Å²) in [5.41, 5.74) is 4.03. The van der Waals surface area contributed by atoms with E-state index >= 15 is 0 Å². The molecule has 0 unspecified atom stereocenters. The first kappa shape index (κ1) is 30.5. The van der Waals surface area contributed by atoms with Crippen molar-refractivity contribution in [3.05, 3.63) is 83.8 Å². The molecule has 2 N–H and O–H groups in total. The van der Waals surface area contributed by atoms with Crippen LogP contribution in [0.3, 0.4) is 0 Å². The molecule has 0 radical (unpaired) electrons. The predicted octanol–water partition coefficient (Wildman–Crippen LogP) is 6.10. The largest absolute Gasteiger partial charge is 0.573 e. The van der Waals surface area contributed by atoms with Gasteiger partial charge in [-0.3, -0.25) is 15.0 Å². The number of nitrogens with zero attached hydrogens (tertiary/aromatic N) is 6. The highest BCUT2D eigenvalue weighted by molar-refractivity contribution is 8.15. The summed E-state index contributed by atoms with van der Waals surface area (Å²) in [4.78, 5) is 39.6. The van der Waals surface area contributed by atoms with Gasteiger partial charge in [0, 0.05) is 12.7 Å². The van der Waals surface area contributed by atoms with E-state index in [9.17, 15) is 22.8 Å². The molecule has 0 saturated carbocycles. The van der Waals surface area contributed by atoms with Crippen molar-refractivity contribution in [2.75, 3.05) is 21.3 Å². The van der Waals surface area contributed by atoms with Gasteiger partial charge in [0.1, 0.15) is 17.9 Å². The summed E-state index contributed by atoms with van der Waals surface area (Å²) in [5, 5.41) is 10.3. The van der Waals surface area contributed by atoms with E-state index in [1.54, 1.807) is 18.3 Å². The van der Waals surface area contributed by atoms with Crippen LogP contribution in [0.5, 0.6) is 5.75 Å². The van der Waals surface area contributed by atoms with Crippen LogP contribution in [-0.4, -0.2) is 49.0 Å². The van der Waals surface area contributed by atoms with E-state index in [1.165, 1.54) is 51.9 Å². The molecule has 3 heterocycles. The summed E-state index contributed by atoms with van der Waals surface area (Å²) >= 11 is 1.21. The molecule has 11 nitrogen and oxygen atoms in total. The highest BCUT2D eigenvalue weighted by Crippen LogP contribution is 2.31. The fourth-order valence-electron chi connectivity index (χ4n) is 4.32. The van der Waals surface area contributed by atoms with Crippen molar-refractivity contribution in [3.8, 4) is 11.4 Å². The molecule has 2 aromatic carbocycles. The minimum Gasteiger partial charge on any atom is -0.406 e. The Labute approximate surface area is 254 Å². The number of urea groups is 1. The Kier molecular flexibility index (Phi) is 9.13. The van der Waals surface area contributed by atoms with Crippen LogP contribution in [-0.2, 0) is 17.8 Å². The minimum absolute atomic E-state index is 0.132. The van der Waals surface area contributed by atoms with E-state index in [-0.39, 0.29) is 29.2 Å². The number of anilines is 3. The number of benzene rings is 2. The van der Waals surface area contributed by atoms with Crippen molar-refractivity contribution in [1.82, 2.24) is 19.7 Å². The van der Waals surface area contributed by atoms with Gasteiger partial charge >= 0.3 is 12.4 Å². The smallest absolute Gasteiger partial charge is 0.406 e. The van der Waals surface area contributed by atoms with Gasteiger partial charge in [-0.25, -0.2) is 19.4 Å². The molecule has 1 fully saturated rings. The van der Waals surface area contributed by atoms with Gasteiger partial charge < -0.3 is 10.1 Å². The predicted molar refractivity (Wildman–Crippen MR) is 161 cm³/mol. The lowest BCUT2D eigenvalue weighted by atomic mass is 10.0. The maximum absolute atomic E-state index is 12.7. The second-order valence-corrected chi connectivity index (χ2v) is 10.6. The first-order valence-corrected chi connectivity index (χ1v) is 14.5. The zero-order valence-corrected chi connectivity index (χ0v) is 24.4. The van der Waals surface area contributed by atoms with Crippen LogP contribution >= 0.6 is 11.8 Å².